The SMILES string of the molecule is CCc1nc(C2CCCC2)nc(NC)c1I. The van der Waals surface area contributed by atoms with E-state index in [2.05, 4.69) is 39.8 Å². The van der Waals surface area contributed by atoms with Gasteiger partial charge in [0.05, 0.1) is 9.26 Å². The zero-order chi connectivity index (χ0) is 11.5. The molecule has 1 aliphatic carbocycles. The van der Waals surface area contributed by atoms with Crippen LogP contribution in [-0.2, 0) is 6.42 Å². The van der Waals surface area contributed by atoms with E-state index in [-0.39, 0.29) is 0 Å². The smallest absolute Gasteiger partial charge is 0.143 e. The van der Waals surface area contributed by atoms with Crippen LogP contribution in [0.1, 0.15) is 50.0 Å². The lowest BCUT2D eigenvalue weighted by Crippen LogP contribution is -2.09. The Morgan fingerprint density at radius 1 is 1.31 bits per heavy atom. The van der Waals surface area contributed by atoms with Crippen LogP contribution in [0.3, 0.4) is 0 Å². The zero-order valence-corrected chi connectivity index (χ0v) is 12.0. The molecule has 88 valence electrons. The first-order valence-corrected chi connectivity index (χ1v) is 7.08. The molecule has 0 atom stereocenters. The molecule has 1 heterocycles. The number of rotatable bonds is 3. The maximum atomic E-state index is 4.72. The Balaban J connectivity index is 2.37. The fourth-order valence-electron chi connectivity index (χ4n) is 2.28. The maximum Gasteiger partial charge on any atom is 0.143 e. The molecular weight excluding hydrogens is 313 g/mol. The molecule has 1 aromatic rings. The molecule has 0 aliphatic heterocycles. The van der Waals surface area contributed by atoms with Gasteiger partial charge in [0.15, 0.2) is 0 Å². The van der Waals surface area contributed by atoms with Crippen molar-refractivity contribution in [2.75, 3.05) is 12.4 Å². The van der Waals surface area contributed by atoms with Gasteiger partial charge in [-0.3, -0.25) is 0 Å². The van der Waals surface area contributed by atoms with Crippen LogP contribution >= 0.6 is 22.6 Å². The monoisotopic (exact) mass is 331 g/mol. The summed E-state index contributed by atoms with van der Waals surface area (Å²) in [7, 11) is 1.93. The van der Waals surface area contributed by atoms with Crippen molar-refractivity contribution in [1.29, 1.82) is 0 Å². The third-order valence-electron chi connectivity index (χ3n) is 3.23. The lowest BCUT2D eigenvalue weighted by Gasteiger charge is -2.13. The minimum Gasteiger partial charge on any atom is -0.372 e. The van der Waals surface area contributed by atoms with Crippen LogP contribution in [0, 0.1) is 3.57 Å². The third-order valence-corrected chi connectivity index (χ3v) is 4.36. The van der Waals surface area contributed by atoms with E-state index in [1.165, 1.54) is 34.9 Å². The van der Waals surface area contributed by atoms with Gasteiger partial charge in [-0.2, -0.15) is 0 Å². The molecule has 1 saturated carbocycles. The van der Waals surface area contributed by atoms with Crippen LogP contribution in [0.2, 0.25) is 0 Å². The molecule has 0 radical (unpaired) electrons. The molecule has 0 spiro atoms. The van der Waals surface area contributed by atoms with Gasteiger partial charge >= 0.3 is 0 Å². The molecule has 4 heteroatoms. The first-order valence-electron chi connectivity index (χ1n) is 6.00. The maximum absolute atomic E-state index is 4.72. The number of nitrogens with one attached hydrogen (secondary N) is 1. The molecule has 0 aromatic carbocycles. The Bertz CT molecular complexity index is 348. The van der Waals surface area contributed by atoms with Crippen molar-refractivity contribution in [3.63, 3.8) is 0 Å². The first kappa shape index (κ1) is 12.1. The Morgan fingerprint density at radius 2 is 2.00 bits per heavy atom. The topological polar surface area (TPSA) is 37.8 Å². The van der Waals surface area contributed by atoms with Crippen LogP contribution in [-0.4, -0.2) is 17.0 Å². The summed E-state index contributed by atoms with van der Waals surface area (Å²) in [6, 6.07) is 0. The van der Waals surface area contributed by atoms with Gasteiger partial charge in [0.2, 0.25) is 0 Å². The van der Waals surface area contributed by atoms with Gasteiger partial charge in [0.25, 0.3) is 0 Å². The summed E-state index contributed by atoms with van der Waals surface area (Å²) < 4.78 is 1.17. The number of hydrogen-bond donors (Lipinski definition) is 1. The van der Waals surface area contributed by atoms with E-state index >= 15 is 0 Å². The van der Waals surface area contributed by atoms with E-state index in [4.69, 9.17) is 4.98 Å². The van der Waals surface area contributed by atoms with Crippen molar-refractivity contribution in [2.45, 2.75) is 44.9 Å². The molecule has 0 saturated heterocycles. The van der Waals surface area contributed by atoms with Gasteiger partial charge in [-0.25, -0.2) is 9.97 Å². The molecular formula is C12H18IN3. The number of aromatic nitrogens is 2. The van der Waals surface area contributed by atoms with E-state index in [0.29, 0.717) is 5.92 Å². The lowest BCUT2D eigenvalue weighted by molar-refractivity contribution is 0.661. The quantitative estimate of drug-likeness (QED) is 0.864. The number of halogens is 1. The van der Waals surface area contributed by atoms with Gasteiger partial charge in [0.1, 0.15) is 11.6 Å². The predicted molar refractivity (Wildman–Crippen MR) is 74.9 cm³/mol. The molecule has 1 aromatic heterocycles. The number of anilines is 1. The predicted octanol–water partition coefficient (Wildman–Crippen LogP) is 3.34. The van der Waals surface area contributed by atoms with Gasteiger partial charge < -0.3 is 5.32 Å². The van der Waals surface area contributed by atoms with E-state index < -0.39 is 0 Å². The largest absolute Gasteiger partial charge is 0.372 e. The number of nitrogens with zero attached hydrogens (tertiary/aromatic N) is 2. The van der Waals surface area contributed by atoms with Gasteiger partial charge in [-0.1, -0.05) is 19.8 Å². The Hall–Kier alpha value is -0.390. The van der Waals surface area contributed by atoms with E-state index in [9.17, 15) is 0 Å². The standard InChI is InChI=1S/C12H18IN3/c1-3-9-10(13)12(14-2)16-11(15-9)8-6-4-5-7-8/h8H,3-7H2,1-2H3,(H,14,15,16). The Kier molecular flexibility index (Phi) is 4.00. The highest BCUT2D eigenvalue weighted by atomic mass is 127. The van der Waals surface area contributed by atoms with Crippen molar-refractivity contribution in [2.24, 2.45) is 0 Å². The summed E-state index contributed by atoms with van der Waals surface area (Å²) in [6.45, 7) is 2.16. The molecule has 2 rings (SSSR count). The van der Waals surface area contributed by atoms with Crippen LogP contribution in [0.15, 0.2) is 0 Å². The van der Waals surface area contributed by atoms with Crippen molar-refractivity contribution < 1.29 is 0 Å². The first-order chi connectivity index (χ1) is 7.76. The molecule has 1 N–H and O–H groups in total. The van der Waals surface area contributed by atoms with Crippen molar-refractivity contribution in [1.82, 2.24) is 9.97 Å². The van der Waals surface area contributed by atoms with E-state index in [1.807, 2.05) is 7.05 Å². The normalized spacial score (nSPS) is 16.7. The average molecular weight is 331 g/mol. The molecule has 3 nitrogen and oxygen atoms in total. The fraction of sp³-hybridized carbons (Fsp3) is 0.667. The van der Waals surface area contributed by atoms with Crippen molar-refractivity contribution in [3.8, 4) is 0 Å². The summed E-state index contributed by atoms with van der Waals surface area (Å²) in [6.07, 6.45) is 6.15. The average Bonchev–Trinajstić information content (AvgIpc) is 2.83. The summed E-state index contributed by atoms with van der Waals surface area (Å²) >= 11 is 2.33. The highest BCUT2D eigenvalue weighted by molar-refractivity contribution is 14.1. The van der Waals surface area contributed by atoms with Gasteiger partial charge in [-0.15, -0.1) is 0 Å². The molecule has 1 fully saturated rings. The van der Waals surface area contributed by atoms with Crippen LogP contribution < -0.4 is 5.32 Å². The third kappa shape index (κ3) is 2.31. The second kappa shape index (κ2) is 5.29. The van der Waals surface area contributed by atoms with E-state index in [1.54, 1.807) is 0 Å². The fourth-order valence-corrected chi connectivity index (χ4v) is 3.17. The molecule has 0 unspecified atom stereocenters. The van der Waals surface area contributed by atoms with Crippen LogP contribution in [0.25, 0.3) is 0 Å². The van der Waals surface area contributed by atoms with Crippen LogP contribution in [0.5, 0.6) is 0 Å². The number of hydrogen-bond acceptors (Lipinski definition) is 3. The highest BCUT2D eigenvalue weighted by Crippen LogP contribution is 2.33. The summed E-state index contributed by atoms with van der Waals surface area (Å²) in [5, 5.41) is 3.18. The Labute approximate surface area is 111 Å². The minimum absolute atomic E-state index is 0.592. The highest BCUT2D eigenvalue weighted by Gasteiger charge is 2.21. The van der Waals surface area contributed by atoms with Gasteiger partial charge in [-0.05, 0) is 41.9 Å². The second-order valence-electron chi connectivity index (χ2n) is 4.28. The van der Waals surface area contributed by atoms with Gasteiger partial charge in [0, 0.05) is 13.0 Å². The Morgan fingerprint density at radius 3 is 2.56 bits per heavy atom. The zero-order valence-electron chi connectivity index (χ0n) is 9.89. The van der Waals surface area contributed by atoms with Crippen molar-refractivity contribution in [3.05, 3.63) is 15.1 Å². The molecule has 0 bridgehead atoms. The summed E-state index contributed by atoms with van der Waals surface area (Å²) in [5.74, 6) is 2.64. The van der Waals surface area contributed by atoms with E-state index in [0.717, 1.165) is 18.1 Å². The molecule has 1 aliphatic rings. The lowest BCUT2D eigenvalue weighted by atomic mass is 10.1. The van der Waals surface area contributed by atoms with Crippen LogP contribution in [0.4, 0.5) is 5.82 Å². The molecule has 0 amide bonds. The molecule has 16 heavy (non-hydrogen) atoms. The number of aryl methyl sites for hydroxylation is 1. The summed E-state index contributed by atoms with van der Waals surface area (Å²) in [4.78, 5) is 9.37. The summed E-state index contributed by atoms with van der Waals surface area (Å²) in [5.41, 5.74) is 1.18. The second-order valence-corrected chi connectivity index (χ2v) is 5.35. The minimum atomic E-state index is 0.592. The van der Waals surface area contributed by atoms with Crippen molar-refractivity contribution >= 4 is 28.4 Å².